The van der Waals surface area contributed by atoms with Gasteiger partial charge in [-0.05, 0) is 18.9 Å². The fourth-order valence-corrected chi connectivity index (χ4v) is 2.18. The van der Waals surface area contributed by atoms with E-state index in [4.69, 9.17) is 9.84 Å². The van der Waals surface area contributed by atoms with Crippen molar-refractivity contribution in [1.29, 1.82) is 0 Å². The monoisotopic (exact) mass is 305 g/mol. The molecule has 0 fully saturated rings. The van der Waals surface area contributed by atoms with Gasteiger partial charge in [0, 0.05) is 13.5 Å². The molecule has 0 aliphatic rings. The van der Waals surface area contributed by atoms with E-state index in [0.717, 1.165) is 5.56 Å². The van der Waals surface area contributed by atoms with E-state index in [1.807, 2.05) is 42.5 Å². The van der Waals surface area contributed by atoms with Crippen molar-refractivity contribution in [2.24, 2.45) is 0 Å². The molecule has 0 aromatic heterocycles. The lowest BCUT2D eigenvalue weighted by Crippen LogP contribution is -2.50. The Morgan fingerprint density at radius 3 is 2.59 bits per heavy atom. The smallest absolute Gasteiger partial charge is 0.305 e. The number of hydrogen-bond acceptors (Lipinski definition) is 3. The molecular formula is C17H23NO4. The van der Waals surface area contributed by atoms with Crippen LogP contribution in [0.5, 0.6) is 0 Å². The maximum absolute atomic E-state index is 11.9. The Morgan fingerprint density at radius 1 is 1.32 bits per heavy atom. The third kappa shape index (κ3) is 7.04. The minimum atomic E-state index is -0.969. The maximum atomic E-state index is 11.9. The number of hydrogen-bond donors (Lipinski definition) is 2. The largest absolute Gasteiger partial charge is 0.481 e. The molecule has 1 atom stereocenters. The molecular weight excluding hydrogens is 282 g/mol. The predicted octanol–water partition coefficient (Wildman–Crippen LogP) is 2.48. The predicted molar refractivity (Wildman–Crippen MR) is 85.4 cm³/mol. The molecule has 120 valence electrons. The van der Waals surface area contributed by atoms with Crippen LogP contribution in [0.4, 0.5) is 0 Å². The molecule has 0 radical (unpaired) electrons. The molecule has 5 heteroatoms. The van der Waals surface area contributed by atoms with Crippen molar-refractivity contribution < 1.29 is 19.4 Å². The van der Waals surface area contributed by atoms with E-state index in [1.165, 1.54) is 7.11 Å². The molecule has 0 spiro atoms. The summed E-state index contributed by atoms with van der Waals surface area (Å²) in [5, 5.41) is 11.7. The second kappa shape index (κ2) is 9.00. The summed E-state index contributed by atoms with van der Waals surface area (Å²) in [7, 11) is 1.48. The fraction of sp³-hybridized carbons (Fsp3) is 0.412. The summed E-state index contributed by atoms with van der Waals surface area (Å²) in [4.78, 5) is 22.8. The number of amides is 1. The Morgan fingerprint density at radius 2 is 2.00 bits per heavy atom. The summed E-state index contributed by atoms with van der Waals surface area (Å²) in [5.41, 5.74) is 0.193. The number of rotatable bonds is 9. The highest BCUT2D eigenvalue weighted by Gasteiger charge is 2.29. The number of carboxylic acids is 1. The highest BCUT2D eigenvalue weighted by atomic mass is 16.5. The SMILES string of the molecule is COCC(C)(CC(=O)O)NC(=O)CC/C=C/c1ccccc1. The Bertz CT molecular complexity index is 513. The molecule has 0 heterocycles. The van der Waals surface area contributed by atoms with Gasteiger partial charge in [0.1, 0.15) is 0 Å². The van der Waals surface area contributed by atoms with Gasteiger partial charge in [0.2, 0.25) is 5.91 Å². The van der Waals surface area contributed by atoms with Crippen LogP contribution in [-0.2, 0) is 14.3 Å². The Kier molecular flexibility index (Phi) is 7.32. The van der Waals surface area contributed by atoms with Gasteiger partial charge in [0.05, 0.1) is 18.6 Å². The highest BCUT2D eigenvalue weighted by Crippen LogP contribution is 2.11. The molecule has 0 saturated heterocycles. The molecule has 0 saturated carbocycles. The summed E-state index contributed by atoms with van der Waals surface area (Å²) < 4.78 is 5.00. The van der Waals surface area contributed by atoms with E-state index < -0.39 is 11.5 Å². The third-order valence-electron chi connectivity index (χ3n) is 3.09. The summed E-state index contributed by atoms with van der Waals surface area (Å²) in [5.74, 6) is -1.15. The molecule has 1 aromatic rings. The molecule has 0 bridgehead atoms. The van der Waals surface area contributed by atoms with Crippen molar-refractivity contribution in [2.75, 3.05) is 13.7 Å². The van der Waals surface area contributed by atoms with E-state index in [0.29, 0.717) is 12.8 Å². The molecule has 2 N–H and O–H groups in total. The lowest BCUT2D eigenvalue weighted by atomic mass is 9.98. The molecule has 0 aliphatic carbocycles. The van der Waals surface area contributed by atoms with Gasteiger partial charge in [-0.15, -0.1) is 0 Å². The minimum absolute atomic E-state index is 0.158. The second-order valence-corrected chi connectivity index (χ2v) is 5.46. The van der Waals surface area contributed by atoms with Crippen molar-refractivity contribution in [3.63, 3.8) is 0 Å². The van der Waals surface area contributed by atoms with Crippen LogP contribution in [0.15, 0.2) is 36.4 Å². The quantitative estimate of drug-likeness (QED) is 0.735. The average molecular weight is 305 g/mol. The lowest BCUT2D eigenvalue weighted by molar-refractivity contribution is -0.139. The maximum Gasteiger partial charge on any atom is 0.305 e. The molecule has 1 aromatic carbocycles. The third-order valence-corrected chi connectivity index (χ3v) is 3.09. The van der Waals surface area contributed by atoms with Gasteiger partial charge in [0.25, 0.3) is 0 Å². The van der Waals surface area contributed by atoms with E-state index in [1.54, 1.807) is 6.92 Å². The standard InChI is InChI=1S/C17H23NO4/c1-17(13-22-2,12-16(20)21)18-15(19)11-7-6-10-14-8-4-3-5-9-14/h3-6,8-10H,7,11-13H2,1-2H3,(H,18,19)(H,20,21)/b10-6+. The number of ether oxygens (including phenoxy) is 1. The van der Waals surface area contributed by atoms with Crippen molar-refractivity contribution in [2.45, 2.75) is 31.7 Å². The Balaban J connectivity index is 2.44. The Hall–Kier alpha value is -2.14. The fourth-order valence-electron chi connectivity index (χ4n) is 2.18. The van der Waals surface area contributed by atoms with Crippen LogP contribution in [0.1, 0.15) is 31.7 Å². The van der Waals surface area contributed by atoms with Gasteiger partial charge in [-0.3, -0.25) is 9.59 Å². The normalized spacial score (nSPS) is 13.7. The summed E-state index contributed by atoms with van der Waals surface area (Å²) in [6.45, 7) is 1.83. The topological polar surface area (TPSA) is 75.6 Å². The lowest BCUT2D eigenvalue weighted by Gasteiger charge is -2.28. The van der Waals surface area contributed by atoms with Gasteiger partial charge in [-0.2, -0.15) is 0 Å². The zero-order chi connectivity index (χ0) is 16.4. The van der Waals surface area contributed by atoms with Crippen molar-refractivity contribution in [3.8, 4) is 0 Å². The first-order valence-electron chi connectivity index (χ1n) is 7.18. The number of carbonyl (C=O) groups is 2. The van der Waals surface area contributed by atoms with Crippen molar-refractivity contribution in [1.82, 2.24) is 5.32 Å². The van der Waals surface area contributed by atoms with Crippen LogP contribution in [-0.4, -0.2) is 36.2 Å². The van der Waals surface area contributed by atoms with Crippen LogP contribution < -0.4 is 5.32 Å². The first-order chi connectivity index (χ1) is 10.4. The number of nitrogens with one attached hydrogen (secondary N) is 1. The van der Waals surface area contributed by atoms with E-state index in [2.05, 4.69) is 5.32 Å². The minimum Gasteiger partial charge on any atom is -0.481 e. The highest BCUT2D eigenvalue weighted by molar-refractivity contribution is 5.78. The molecule has 1 amide bonds. The zero-order valence-corrected chi connectivity index (χ0v) is 13.0. The van der Waals surface area contributed by atoms with Crippen molar-refractivity contribution in [3.05, 3.63) is 42.0 Å². The number of carbonyl (C=O) groups excluding carboxylic acids is 1. The molecule has 5 nitrogen and oxygen atoms in total. The van der Waals surface area contributed by atoms with Crippen LogP contribution >= 0.6 is 0 Å². The molecule has 0 aliphatic heterocycles. The van der Waals surface area contributed by atoms with Crippen molar-refractivity contribution >= 4 is 18.0 Å². The number of carboxylic acid groups (broad SMARTS) is 1. The van der Waals surface area contributed by atoms with E-state index in [-0.39, 0.29) is 18.9 Å². The first kappa shape index (κ1) is 17.9. The van der Waals surface area contributed by atoms with Crippen LogP contribution in [0, 0.1) is 0 Å². The van der Waals surface area contributed by atoms with Crippen LogP contribution in [0.2, 0.25) is 0 Å². The van der Waals surface area contributed by atoms with Crippen LogP contribution in [0.3, 0.4) is 0 Å². The van der Waals surface area contributed by atoms with Gasteiger partial charge < -0.3 is 15.2 Å². The van der Waals surface area contributed by atoms with Gasteiger partial charge in [0.15, 0.2) is 0 Å². The second-order valence-electron chi connectivity index (χ2n) is 5.46. The van der Waals surface area contributed by atoms with Gasteiger partial charge >= 0.3 is 5.97 Å². The van der Waals surface area contributed by atoms with Crippen LogP contribution in [0.25, 0.3) is 6.08 Å². The molecule has 22 heavy (non-hydrogen) atoms. The van der Waals surface area contributed by atoms with E-state index in [9.17, 15) is 9.59 Å². The van der Waals surface area contributed by atoms with E-state index >= 15 is 0 Å². The summed E-state index contributed by atoms with van der Waals surface area (Å²) in [6.07, 6.45) is 4.62. The molecule has 1 rings (SSSR count). The zero-order valence-electron chi connectivity index (χ0n) is 13.0. The first-order valence-corrected chi connectivity index (χ1v) is 7.18. The number of benzene rings is 1. The summed E-state index contributed by atoms with van der Waals surface area (Å²) in [6, 6.07) is 9.82. The number of allylic oxidation sites excluding steroid dienone is 1. The summed E-state index contributed by atoms with van der Waals surface area (Å²) >= 11 is 0. The Labute approximate surface area is 131 Å². The number of aliphatic carboxylic acids is 1. The average Bonchev–Trinajstić information content (AvgIpc) is 2.43. The number of methoxy groups -OCH3 is 1. The van der Waals surface area contributed by atoms with Gasteiger partial charge in [-0.25, -0.2) is 0 Å². The van der Waals surface area contributed by atoms with Gasteiger partial charge in [-0.1, -0.05) is 42.5 Å². The molecule has 1 unspecified atom stereocenters.